The van der Waals surface area contributed by atoms with Crippen molar-refractivity contribution in [1.82, 2.24) is 14.8 Å². The number of nitrogens with zero attached hydrogens (tertiary/aromatic N) is 2. The second-order valence-corrected chi connectivity index (χ2v) is 8.83. The number of hydrogen-bond donors (Lipinski definition) is 2. The number of carbonyl (C=O) groups excluding carboxylic acids is 2. The maximum Gasteiger partial charge on any atom is 0.255 e. The molecule has 1 fully saturated rings. The van der Waals surface area contributed by atoms with Gasteiger partial charge >= 0.3 is 0 Å². The minimum atomic E-state index is -0.339. The smallest absolute Gasteiger partial charge is 0.255 e. The van der Waals surface area contributed by atoms with Gasteiger partial charge in [-0.15, -0.1) is 0 Å². The van der Waals surface area contributed by atoms with Gasteiger partial charge in [0.15, 0.2) is 0 Å². The number of aromatic nitrogens is 1. The molecule has 3 aromatic rings. The van der Waals surface area contributed by atoms with E-state index in [1.807, 2.05) is 0 Å². The van der Waals surface area contributed by atoms with Crippen LogP contribution in [0.1, 0.15) is 29.6 Å². The van der Waals surface area contributed by atoms with E-state index in [0.717, 1.165) is 25.9 Å². The average molecular weight is 479 g/mol. The van der Waals surface area contributed by atoms with Gasteiger partial charge in [-0.05, 0) is 80.5 Å². The zero-order chi connectivity index (χ0) is 23.9. The van der Waals surface area contributed by atoms with Gasteiger partial charge in [0, 0.05) is 47.2 Å². The Labute approximate surface area is 203 Å². The molecule has 2 heterocycles. The minimum absolute atomic E-state index is 0.142. The van der Waals surface area contributed by atoms with Crippen molar-refractivity contribution in [3.8, 4) is 5.69 Å². The van der Waals surface area contributed by atoms with E-state index in [0.29, 0.717) is 28.5 Å². The molecule has 8 heteroatoms. The number of carbonyl (C=O) groups is 2. The van der Waals surface area contributed by atoms with E-state index in [-0.39, 0.29) is 29.8 Å². The number of rotatable bonds is 8. The van der Waals surface area contributed by atoms with Crippen LogP contribution in [0, 0.1) is 0 Å². The fourth-order valence-electron chi connectivity index (χ4n) is 4.09. The molecule has 0 spiro atoms. The lowest BCUT2D eigenvalue weighted by Crippen LogP contribution is -2.45. The van der Waals surface area contributed by atoms with Gasteiger partial charge in [-0.2, -0.15) is 0 Å². The molecule has 1 atom stereocenters. The largest absolute Gasteiger partial charge is 0.347 e. The molecule has 4 rings (SSSR count). The molecule has 7 nitrogen and oxygen atoms in total. The molecule has 0 saturated carbocycles. The first kappa shape index (κ1) is 23.7. The lowest BCUT2D eigenvalue weighted by molar-refractivity contribution is -0.116. The normalized spacial score (nSPS) is 14.5. The standard InChI is InChI=1S/C26H27ClN4O3/c27-20-8-10-21(11-9-20)28-24(32)17-22(18-30-14-3-4-15-30)29-26(34)19-6-12-23(13-7-19)31-16-2-1-5-25(31)33/h1-2,5-13,16,22H,3-4,14-15,17-18H2,(H,28,32)(H,29,34). The monoisotopic (exact) mass is 478 g/mol. The average Bonchev–Trinajstić information content (AvgIpc) is 3.34. The number of anilines is 1. The zero-order valence-corrected chi connectivity index (χ0v) is 19.5. The van der Waals surface area contributed by atoms with Crippen LogP contribution >= 0.6 is 11.6 Å². The van der Waals surface area contributed by atoms with Crippen molar-refractivity contribution < 1.29 is 9.59 Å². The molecule has 176 valence electrons. The third kappa shape index (κ3) is 6.34. The van der Waals surface area contributed by atoms with Crippen LogP contribution in [0.3, 0.4) is 0 Å². The Morgan fingerprint density at radius 3 is 2.32 bits per heavy atom. The van der Waals surface area contributed by atoms with Gasteiger partial charge in [0.2, 0.25) is 5.91 Å². The highest BCUT2D eigenvalue weighted by Gasteiger charge is 2.22. The number of pyridine rings is 1. The van der Waals surface area contributed by atoms with E-state index in [1.54, 1.807) is 66.9 Å². The first-order chi connectivity index (χ1) is 16.5. The van der Waals surface area contributed by atoms with Crippen LogP contribution in [0.4, 0.5) is 5.69 Å². The Morgan fingerprint density at radius 1 is 0.941 bits per heavy atom. The van der Waals surface area contributed by atoms with Crippen molar-refractivity contribution >= 4 is 29.1 Å². The topological polar surface area (TPSA) is 83.4 Å². The Morgan fingerprint density at radius 2 is 1.65 bits per heavy atom. The molecule has 1 aliphatic rings. The highest BCUT2D eigenvalue weighted by atomic mass is 35.5. The summed E-state index contributed by atoms with van der Waals surface area (Å²) in [5, 5.41) is 6.49. The lowest BCUT2D eigenvalue weighted by atomic mass is 10.1. The molecule has 2 aromatic carbocycles. The van der Waals surface area contributed by atoms with Crippen LogP contribution in [-0.2, 0) is 4.79 Å². The molecular formula is C26H27ClN4O3. The van der Waals surface area contributed by atoms with Crippen LogP contribution in [0.15, 0.2) is 77.7 Å². The molecule has 2 N–H and O–H groups in total. The molecule has 1 saturated heterocycles. The molecule has 34 heavy (non-hydrogen) atoms. The summed E-state index contributed by atoms with van der Waals surface area (Å²) in [5.74, 6) is -0.430. The first-order valence-electron chi connectivity index (χ1n) is 11.3. The summed E-state index contributed by atoms with van der Waals surface area (Å²) in [6, 6.07) is 18.4. The lowest BCUT2D eigenvalue weighted by Gasteiger charge is -2.24. The van der Waals surface area contributed by atoms with E-state index in [1.165, 1.54) is 10.6 Å². The molecule has 2 amide bonds. The number of benzene rings is 2. The highest BCUT2D eigenvalue weighted by Crippen LogP contribution is 2.15. The third-order valence-electron chi connectivity index (χ3n) is 5.80. The number of amides is 2. The number of hydrogen-bond acceptors (Lipinski definition) is 4. The molecule has 0 bridgehead atoms. The van der Waals surface area contributed by atoms with Gasteiger partial charge in [-0.1, -0.05) is 17.7 Å². The number of halogens is 1. The summed E-state index contributed by atoms with van der Waals surface area (Å²) in [5.41, 5.74) is 1.67. The second-order valence-electron chi connectivity index (χ2n) is 8.39. The summed E-state index contributed by atoms with van der Waals surface area (Å²) in [4.78, 5) is 40.0. The zero-order valence-electron chi connectivity index (χ0n) is 18.7. The van der Waals surface area contributed by atoms with Crippen LogP contribution in [0.5, 0.6) is 0 Å². The summed E-state index contributed by atoms with van der Waals surface area (Å²) < 4.78 is 1.51. The molecule has 1 aliphatic heterocycles. The van der Waals surface area contributed by atoms with Crippen molar-refractivity contribution in [3.63, 3.8) is 0 Å². The van der Waals surface area contributed by atoms with Crippen molar-refractivity contribution in [3.05, 3.63) is 93.9 Å². The van der Waals surface area contributed by atoms with Crippen LogP contribution in [-0.4, -0.2) is 47.0 Å². The van der Waals surface area contributed by atoms with Crippen molar-refractivity contribution in [2.45, 2.75) is 25.3 Å². The van der Waals surface area contributed by atoms with Crippen LogP contribution in [0.2, 0.25) is 5.02 Å². The van der Waals surface area contributed by atoms with E-state index in [4.69, 9.17) is 11.6 Å². The second kappa shape index (κ2) is 11.1. The Balaban J connectivity index is 1.43. The van der Waals surface area contributed by atoms with Gasteiger partial charge < -0.3 is 15.5 Å². The maximum absolute atomic E-state index is 13.0. The van der Waals surface area contributed by atoms with Gasteiger partial charge in [-0.25, -0.2) is 0 Å². The van der Waals surface area contributed by atoms with Gasteiger partial charge in [0.1, 0.15) is 0 Å². The fraction of sp³-hybridized carbons (Fsp3) is 0.269. The SMILES string of the molecule is O=C(CC(CN1CCCC1)NC(=O)c1ccc(-n2ccccc2=O)cc1)Nc1ccc(Cl)cc1. The summed E-state index contributed by atoms with van der Waals surface area (Å²) in [7, 11) is 0. The fourth-order valence-corrected chi connectivity index (χ4v) is 4.22. The minimum Gasteiger partial charge on any atom is -0.347 e. The van der Waals surface area contributed by atoms with E-state index >= 15 is 0 Å². The summed E-state index contributed by atoms with van der Waals surface area (Å²) in [6.45, 7) is 2.54. The van der Waals surface area contributed by atoms with Crippen molar-refractivity contribution in [2.24, 2.45) is 0 Å². The predicted octanol–water partition coefficient (Wildman–Crippen LogP) is 3.71. The Kier molecular flexibility index (Phi) is 7.77. The Hall–Kier alpha value is -3.42. The van der Waals surface area contributed by atoms with Gasteiger partial charge in [-0.3, -0.25) is 19.0 Å². The molecule has 0 radical (unpaired) electrons. The van der Waals surface area contributed by atoms with E-state index in [2.05, 4.69) is 15.5 Å². The third-order valence-corrected chi connectivity index (χ3v) is 6.05. The maximum atomic E-state index is 13.0. The number of likely N-dealkylation sites (tertiary alicyclic amines) is 1. The molecular weight excluding hydrogens is 452 g/mol. The summed E-state index contributed by atoms with van der Waals surface area (Å²) >= 11 is 5.91. The quantitative estimate of drug-likeness (QED) is 0.517. The number of nitrogens with one attached hydrogen (secondary N) is 2. The molecule has 0 aliphatic carbocycles. The summed E-state index contributed by atoms with van der Waals surface area (Å²) in [6.07, 6.45) is 4.08. The van der Waals surface area contributed by atoms with Crippen LogP contribution in [0.25, 0.3) is 5.69 Å². The van der Waals surface area contributed by atoms with E-state index < -0.39 is 0 Å². The van der Waals surface area contributed by atoms with Crippen molar-refractivity contribution in [2.75, 3.05) is 25.0 Å². The first-order valence-corrected chi connectivity index (χ1v) is 11.7. The van der Waals surface area contributed by atoms with Crippen molar-refractivity contribution in [1.29, 1.82) is 0 Å². The van der Waals surface area contributed by atoms with Gasteiger partial charge in [0.25, 0.3) is 11.5 Å². The van der Waals surface area contributed by atoms with Gasteiger partial charge in [0.05, 0.1) is 6.04 Å². The highest BCUT2D eigenvalue weighted by molar-refractivity contribution is 6.30. The van der Waals surface area contributed by atoms with Crippen LogP contribution < -0.4 is 16.2 Å². The predicted molar refractivity (Wildman–Crippen MR) is 134 cm³/mol. The Bertz CT molecular complexity index is 1190. The molecule has 1 unspecified atom stereocenters. The van der Waals surface area contributed by atoms with E-state index in [9.17, 15) is 14.4 Å². The molecule has 1 aromatic heterocycles.